The van der Waals surface area contributed by atoms with Crippen LogP contribution in [0.2, 0.25) is 0 Å². The zero-order valence-corrected chi connectivity index (χ0v) is 20.8. The van der Waals surface area contributed by atoms with Crippen LogP contribution in [0.1, 0.15) is 41.8 Å². The zero-order valence-electron chi connectivity index (χ0n) is 20.8. The van der Waals surface area contributed by atoms with E-state index in [1.807, 2.05) is 19.9 Å². The smallest absolute Gasteiger partial charge is 0.254 e. The van der Waals surface area contributed by atoms with Crippen LogP contribution in [0.5, 0.6) is 5.75 Å². The minimum Gasteiger partial charge on any atom is -0.508 e. The van der Waals surface area contributed by atoms with Crippen LogP contribution >= 0.6 is 0 Å². The van der Waals surface area contributed by atoms with Crippen molar-refractivity contribution in [1.82, 2.24) is 15.5 Å². The Morgan fingerprint density at radius 3 is 2.47 bits per heavy atom. The number of alkyl halides is 1. The zero-order chi connectivity index (χ0) is 26.4. The molecule has 8 nitrogen and oxygen atoms in total. The van der Waals surface area contributed by atoms with Gasteiger partial charge in [0.05, 0.1) is 12.6 Å². The molecule has 2 aromatic carbocycles. The highest BCUT2D eigenvalue weighted by atomic mass is 19.1. The number of hydrogen-bond donors (Lipinski definition) is 4. The van der Waals surface area contributed by atoms with Gasteiger partial charge in [0, 0.05) is 24.1 Å². The van der Waals surface area contributed by atoms with Crippen LogP contribution in [0.4, 0.5) is 4.39 Å². The van der Waals surface area contributed by atoms with E-state index >= 15 is 0 Å². The molecule has 0 saturated carbocycles. The van der Waals surface area contributed by atoms with Crippen LogP contribution in [-0.2, 0) is 16.0 Å². The third-order valence-electron chi connectivity index (χ3n) is 6.32. The van der Waals surface area contributed by atoms with Gasteiger partial charge in [-0.15, -0.1) is 0 Å². The van der Waals surface area contributed by atoms with Gasteiger partial charge in [-0.2, -0.15) is 0 Å². The lowest BCUT2D eigenvalue weighted by atomic mass is 9.98. The first-order valence-corrected chi connectivity index (χ1v) is 12.1. The van der Waals surface area contributed by atoms with Crippen LogP contribution in [-0.4, -0.2) is 70.3 Å². The van der Waals surface area contributed by atoms with Gasteiger partial charge >= 0.3 is 0 Å². The molecular formula is C27H34FN3O5. The summed E-state index contributed by atoms with van der Waals surface area (Å²) in [4.78, 5) is 40.2. The largest absolute Gasteiger partial charge is 0.508 e. The van der Waals surface area contributed by atoms with Gasteiger partial charge in [-0.1, -0.05) is 50.2 Å². The van der Waals surface area contributed by atoms with Gasteiger partial charge in [0.25, 0.3) is 11.8 Å². The van der Waals surface area contributed by atoms with Crippen molar-refractivity contribution in [3.05, 3.63) is 65.2 Å². The number of nitrogens with one attached hydrogen (secondary N) is 2. The highest BCUT2D eigenvalue weighted by molar-refractivity contribution is 5.97. The quantitative estimate of drug-likeness (QED) is 0.422. The fourth-order valence-electron chi connectivity index (χ4n) is 4.27. The number of halogens is 1. The molecule has 0 radical (unpaired) electrons. The summed E-state index contributed by atoms with van der Waals surface area (Å²) in [5.74, 6) is -1.75. The number of carbonyl (C=O) groups is 3. The number of aromatic hydroxyl groups is 1. The molecule has 1 heterocycles. The van der Waals surface area contributed by atoms with Crippen LogP contribution in [0.3, 0.4) is 0 Å². The molecule has 1 aliphatic heterocycles. The number of phenols is 1. The Bertz CT molecular complexity index is 1080. The molecule has 0 unspecified atom stereocenters. The maximum absolute atomic E-state index is 14.3. The van der Waals surface area contributed by atoms with Crippen molar-refractivity contribution in [1.29, 1.82) is 0 Å². The first-order valence-electron chi connectivity index (χ1n) is 12.1. The maximum Gasteiger partial charge on any atom is 0.254 e. The number of aliphatic hydroxyl groups is 1. The Morgan fingerprint density at radius 1 is 1.11 bits per heavy atom. The minimum atomic E-state index is -1.72. The van der Waals surface area contributed by atoms with E-state index in [1.54, 1.807) is 31.2 Å². The molecular weight excluding hydrogens is 465 g/mol. The first-order chi connectivity index (χ1) is 17.1. The molecule has 0 spiro atoms. The molecule has 0 aliphatic carbocycles. The number of nitrogens with zero attached hydrogens (tertiary/aromatic N) is 1. The number of aliphatic hydroxyl groups excluding tert-OH is 1. The highest BCUT2D eigenvalue weighted by Crippen LogP contribution is 2.24. The van der Waals surface area contributed by atoms with E-state index in [0.717, 1.165) is 10.5 Å². The molecule has 0 bridgehead atoms. The van der Waals surface area contributed by atoms with Crippen LogP contribution in [0.15, 0.2) is 48.5 Å². The summed E-state index contributed by atoms with van der Waals surface area (Å²) in [5, 5.41) is 26.5. The maximum atomic E-state index is 14.3. The number of phenolic OH excluding ortho intramolecular Hbond substituents is 1. The number of carbonyl (C=O) groups excluding carboxylic acids is 3. The van der Waals surface area contributed by atoms with Crippen molar-refractivity contribution in [3.8, 4) is 5.75 Å². The topological polar surface area (TPSA) is 119 Å². The molecule has 9 heteroatoms. The Labute approximate surface area is 210 Å². The van der Waals surface area contributed by atoms with Gasteiger partial charge in [0.2, 0.25) is 5.91 Å². The molecule has 3 rings (SSSR count). The van der Waals surface area contributed by atoms with Crippen molar-refractivity contribution < 1.29 is 29.0 Å². The number of benzene rings is 2. The molecule has 3 amide bonds. The van der Waals surface area contributed by atoms with Crippen molar-refractivity contribution >= 4 is 17.7 Å². The number of rotatable bonds is 9. The molecule has 4 N–H and O–H groups in total. The molecule has 0 aromatic heterocycles. The summed E-state index contributed by atoms with van der Waals surface area (Å²) in [6.07, 6.45) is -3.15. The molecule has 2 aromatic rings. The fourth-order valence-corrected chi connectivity index (χ4v) is 4.27. The van der Waals surface area contributed by atoms with Crippen molar-refractivity contribution in [3.63, 3.8) is 0 Å². The number of hydrogen-bond acceptors (Lipinski definition) is 5. The lowest BCUT2D eigenvalue weighted by molar-refractivity contribution is -0.146. The summed E-state index contributed by atoms with van der Waals surface area (Å²) in [6, 6.07) is 11.4. The van der Waals surface area contributed by atoms with Gasteiger partial charge < -0.3 is 25.7 Å². The average molecular weight is 500 g/mol. The summed E-state index contributed by atoms with van der Waals surface area (Å²) >= 11 is 0. The molecule has 1 aliphatic rings. The molecule has 1 fully saturated rings. The second kappa shape index (κ2) is 12.0. The van der Waals surface area contributed by atoms with Gasteiger partial charge in [-0.05, 0) is 37.0 Å². The van der Waals surface area contributed by atoms with Crippen molar-refractivity contribution in [2.45, 2.75) is 58.0 Å². The van der Waals surface area contributed by atoms with Gasteiger partial charge in [-0.25, -0.2) is 4.39 Å². The molecule has 1 saturated heterocycles. The number of amides is 3. The van der Waals surface area contributed by atoms with Crippen LogP contribution in [0.25, 0.3) is 0 Å². The Morgan fingerprint density at radius 2 is 1.81 bits per heavy atom. The molecule has 4 atom stereocenters. The van der Waals surface area contributed by atoms with Crippen LogP contribution < -0.4 is 10.6 Å². The van der Waals surface area contributed by atoms with Crippen LogP contribution in [0, 0.1) is 12.8 Å². The SMILES string of the molecule is Cc1c(O)cccc1C(=O)N[C@@H](Cc1ccccc1)[C@H](O)C(=O)N1C[C@H](F)C[C@H]1C(=O)NCC(C)C. The Balaban J connectivity index is 1.83. The molecule has 194 valence electrons. The first kappa shape index (κ1) is 27.1. The fraction of sp³-hybridized carbons (Fsp3) is 0.444. The van der Waals surface area contributed by atoms with E-state index in [9.17, 15) is 29.0 Å². The third-order valence-corrected chi connectivity index (χ3v) is 6.32. The summed E-state index contributed by atoms with van der Waals surface area (Å²) < 4.78 is 14.3. The third kappa shape index (κ3) is 6.60. The second-order valence-corrected chi connectivity index (χ2v) is 9.64. The normalized spacial score (nSPS) is 19.1. The van der Waals surface area contributed by atoms with E-state index in [1.165, 1.54) is 18.2 Å². The summed E-state index contributed by atoms with van der Waals surface area (Å²) in [6.45, 7) is 5.50. The van der Waals surface area contributed by atoms with Crippen molar-refractivity contribution in [2.75, 3.05) is 13.1 Å². The average Bonchev–Trinajstić information content (AvgIpc) is 3.25. The lowest BCUT2D eigenvalue weighted by Gasteiger charge is -2.30. The van der Waals surface area contributed by atoms with E-state index < -0.39 is 42.1 Å². The summed E-state index contributed by atoms with van der Waals surface area (Å²) in [7, 11) is 0. The van der Waals surface area contributed by atoms with E-state index in [4.69, 9.17) is 0 Å². The minimum absolute atomic E-state index is 0.0554. The number of likely N-dealkylation sites (tertiary alicyclic amines) is 1. The van der Waals surface area contributed by atoms with E-state index in [0.29, 0.717) is 12.1 Å². The predicted molar refractivity (Wildman–Crippen MR) is 133 cm³/mol. The molecule has 36 heavy (non-hydrogen) atoms. The second-order valence-electron chi connectivity index (χ2n) is 9.64. The highest BCUT2D eigenvalue weighted by Gasteiger charge is 2.43. The van der Waals surface area contributed by atoms with Gasteiger partial charge in [0.15, 0.2) is 6.10 Å². The standard InChI is InChI=1S/C27H34FN3O5/c1-16(2)14-29-26(35)22-13-19(28)15-31(22)27(36)24(33)21(12-18-8-5-4-6-9-18)30-25(34)20-10-7-11-23(32)17(20)3/h4-11,16,19,21-22,24,32-33H,12-15H2,1-3H3,(H,29,35)(H,30,34)/t19-,21+,22+,24+/m1/s1. The lowest BCUT2D eigenvalue weighted by Crippen LogP contribution is -2.56. The van der Waals surface area contributed by atoms with Gasteiger partial charge in [0.1, 0.15) is 18.0 Å². The van der Waals surface area contributed by atoms with Crippen molar-refractivity contribution in [2.24, 2.45) is 5.92 Å². The van der Waals surface area contributed by atoms with E-state index in [-0.39, 0.29) is 36.6 Å². The van der Waals surface area contributed by atoms with E-state index in [2.05, 4.69) is 10.6 Å². The Kier molecular flexibility index (Phi) is 9.03. The Hall–Kier alpha value is -3.46. The monoisotopic (exact) mass is 499 g/mol. The summed E-state index contributed by atoms with van der Waals surface area (Å²) in [5.41, 5.74) is 1.32. The predicted octanol–water partition coefficient (Wildman–Crippen LogP) is 2.11. The van der Waals surface area contributed by atoms with Gasteiger partial charge in [-0.3, -0.25) is 14.4 Å².